The molecule has 2 aromatic heterocycles. The third-order valence-electron chi connectivity index (χ3n) is 7.85. The lowest BCUT2D eigenvalue weighted by molar-refractivity contribution is 1.02. The van der Waals surface area contributed by atoms with Crippen molar-refractivity contribution in [2.24, 2.45) is 4.99 Å². The Morgan fingerprint density at radius 1 is 0.611 bits per heavy atom. The second-order valence-electron chi connectivity index (χ2n) is 9.69. The van der Waals surface area contributed by atoms with E-state index in [1.165, 1.54) is 54.9 Å². The number of hydrogen-bond acceptors (Lipinski definition) is 2. The molecule has 0 aliphatic carbocycles. The molecule has 9 rings (SSSR count). The van der Waals surface area contributed by atoms with Gasteiger partial charge >= 0.3 is 0 Å². The predicted octanol–water partition coefficient (Wildman–Crippen LogP) is 7.95. The normalized spacial score (nSPS) is 15.9. The van der Waals surface area contributed by atoms with E-state index in [1.807, 2.05) is 0 Å². The van der Waals surface area contributed by atoms with Crippen LogP contribution >= 0.6 is 0 Å². The Morgan fingerprint density at radius 3 is 2.11 bits per heavy atom. The molecular formula is C32H20N4. The average molecular weight is 461 g/mol. The third kappa shape index (κ3) is 2.13. The number of benzene rings is 5. The SMILES string of the molecule is c1ccc(-n2c3ccccc3c3c4c5ccccc5n5c4c(cc32)C2Nc3ccccc3N=C25)cc1. The fourth-order valence-electron chi connectivity index (χ4n) is 6.45. The maximum absolute atomic E-state index is 5.20. The summed E-state index contributed by atoms with van der Waals surface area (Å²) in [6.45, 7) is 0. The van der Waals surface area contributed by atoms with E-state index in [4.69, 9.17) is 4.99 Å². The van der Waals surface area contributed by atoms with Gasteiger partial charge in [-0.1, -0.05) is 66.7 Å². The van der Waals surface area contributed by atoms with Crippen LogP contribution in [0.25, 0.3) is 49.3 Å². The highest BCUT2D eigenvalue weighted by Crippen LogP contribution is 2.49. The van der Waals surface area contributed by atoms with Crippen LogP contribution in [-0.2, 0) is 0 Å². The van der Waals surface area contributed by atoms with Crippen molar-refractivity contribution >= 4 is 60.8 Å². The van der Waals surface area contributed by atoms with Crippen LogP contribution in [0.4, 0.5) is 11.4 Å². The van der Waals surface area contributed by atoms with E-state index in [-0.39, 0.29) is 6.04 Å². The van der Waals surface area contributed by atoms with Crippen LogP contribution in [0.1, 0.15) is 11.6 Å². The number of aliphatic imine (C=N–C) groups is 1. The fraction of sp³-hybridized carbons (Fsp3) is 0.0312. The maximum atomic E-state index is 5.20. The first-order valence-electron chi connectivity index (χ1n) is 12.4. The minimum atomic E-state index is 0.00800. The Hall–Kier alpha value is -4.83. The van der Waals surface area contributed by atoms with Crippen molar-refractivity contribution in [1.82, 2.24) is 9.13 Å². The Morgan fingerprint density at radius 2 is 1.28 bits per heavy atom. The number of fused-ring (bicyclic) bond motifs is 11. The quantitative estimate of drug-likeness (QED) is 0.265. The van der Waals surface area contributed by atoms with Crippen molar-refractivity contribution in [3.63, 3.8) is 0 Å². The van der Waals surface area contributed by atoms with E-state index in [0.29, 0.717) is 0 Å². The van der Waals surface area contributed by atoms with Crippen LogP contribution in [0.5, 0.6) is 0 Å². The average Bonchev–Trinajstić information content (AvgIpc) is 3.56. The van der Waals surface area contributed by atoms with Gasteiger partial charge < -0.3 is 9.88 Å². The number of para-hydroxylation sites is 5. The second kappa shape index (κ2) is 6.43. The van der Waals surface area contributed by atoms with Crippen molar-refractivity contribution in [2.45, 2.75) is 6.04 Å². The van der Waals surface area contributed by atoms with E-state index in [2.05, 4.69) is 124 Å². The molecular weight excluding hydrogens is 440 g/mol. The van der Waals surface area contributed by atoms with Crippen LogP contribution in [-0.4, -0.2) is 15.0 Å². The predicted molar refractivity (Wildman–Crippen MR) is 149 cm³/mol. The minimum Gasteiger partial charge on any atom is -0.370 e. The maximum Gasteiger partial charge on any atom is 0.141 e. The molecule has 2 aliphatic rings. The van der Waals surface area contributed by atoms with E-state index in [0.717, 1.165) is 17.2 Å². The second-order valence-corrected chi connectivity index (χ2v) is 9.69. The first kappa shape index (κ1) is 18.5. The summed E-state index contributed by atoms with van der Waals surface area (Å²) in [6.07, 6.45) is 0. The molecule has 1 unspecified atom stereocenters. The van der Waals surface area contributed by atoms with Gasteiger partial charge in [-0.3, -0.25) is 4.57 Å². The molecule has 0 saturated heterocycles. The van der Waals surface area contributed by atoms with Gasteiger partial charge in [0.25, 0.3) is 0 Å². The van der Waals surface area contributed by atoms with Crippen molar-refractivity contribution in [3.8, 4) is 5.69 Å². The van der Waals surface area contributed by atoms with Crippen molar-refractivity contribution in [1.29, 1.82) is 0 Å². The van der Waals surface area contributed by atoms with Crippen LogP contribution in [0.2, 0.25) is 0 Å². The summed E-state index contributed by atoms with van der Waals surface area (Å²) in [7, 11) is 0. The van der Waals surface area contributed by atoms with Gasteiger partial charge in [-0.2, -0.15) is 0 Å². The Kier molecular flexibility index (Phi) is 3.30. The summed E-state index contributed by atoms with van der Waals surface area (Å²) < 4.78 is 4.81. The summed E-state index contributed by atoms with van der Waals surface area (Å²) in [6, 6.07) is 39.0. The molecule has 0 spiro atoms. The summed E-state index contributed by atoms with van der Waals surface area (Å²) in [4.78, 5) is 5.20. The smallest absolute Gasteiger partial charge is 0.141 e. The van der Waals surface area contributed by atoms with Gasteiger partial charge in [0.2, 0.25) is 0 Å². The molecule has 0 radical (unpaired) electrons. The molecule has 0 saturated carbocycles. The molecule has 4 heterocycles. The van der Waals surface area contributed by atoms with E-state index >= 15 is 0 Å². The van der Waals surface area contributed by atoms with E-state index in [9.17, 15) is 0 Å². The number of hydrogen-bond donors (Lipinski definition) is 1. The summed E-state index contributed by atoms with van der Waals surface area (Å²) in [5, 5.41) is 8.98. The highest BCUT2D eigenvalue weighted by atomic mass is 15.2. The number of nitrogens with one attached hydrogen (secondary N) is 1. The zero-order valence-electron chi connectivity index (χ0n) is 19.3. The highest BCUT2D eigenvalue weighted by Gasteiger charge is 2.37. The van der Waals surface area contributed by atoms with E-state index < -0.39 is 0 Å². The first-order valence-corrected chi connectivity index (χ1v) is 12.4. The van der Waals surface area contributed by atoms with Crippen LogP contribution < -0.4 is 5.32 Å². The van der Waals surface area contributed by atoms with Gasteiger partial charge in [0.05, 0.1) is 33.4 Å². The van der Waals surface area contributed by atoms with E-state index in [1.54, 1.807) is 0 Å². The molecule has 36 heavy (non-hydrogen) atoms. The lowest BCUT2D eigenvalue weighted by atomic mass is 9.98. The van der Waals surface area contributed by atoms with Crippen molar-refractivity contribution in [2.75, 3.05) is 5.32 Å². The summed E-state index contributed by atoms with van der Waals surface area (Å²) in [5.74, 6) is 1.05. The standard InChI is InChI=1S/C32H20N4/c1-2-10-19(11-3-1)35-25-16-8-4-12-20(25)28-27(35)18-22-30-32(34-24-15-7-6-14-23(24)33-30)36-26-17-9-5-13-21(26)29(28)31(22)36/h1-18,30,33H. The summed E-state index contributed by atoms with van der Waals surface area (Å²) in [5.41, 5.74) is 9.46. The monoisotopic (exact) mass is 460 g/mol. The molecule has 7 aromatic rings. The Labute approximate surface area is 206 Å². The lowest BCUT2D eigenvalue weighted by Gasteiger charge is -2.24. The highest BCUT2D eigenvalue weighted by molar-refractivity contribution is 6.33. The molecule has 5 aromatic carbocycles. The molecule has 4 nitrogen and oxygen atoms in total. The van der Waals surface area contributed by atoms with Gasteiger partial charge in [0, 0.05) is 32.8 Å². The number of aromatic nitrogens is 2. The number of rotatable bonds is 1. The van der Waals surface area contributed by atoms with Gasteiger partial charge in [0.15, 0.2) is 0 Å². The third-order valence-corrected chi connectivity index (χ3v) is 7.85. The number of anilines is 1. The largest absolute Gasteiger partial charge is 0.370 e. The molecule has 1 atom stereocenters. The van der Waals surface area contributed by atoms with Gasteiger partial charge in [-0.15, -0.1) is 0 Å². The zero-order valence-corrected chi connectivity index (χ0v) is 19.3. The van der Waals surface area contributed by atoms with Gasteiger partial charge in [0.1, 0.15) is 11.9 Å². The molecule has 0 fully saturated rings. The van der Waals surface area contributed by atoms with Crippen LogP contribution in [0.3, 0.4) is 0 Å². The summed E-state index contributed by atoms with van der Waals surface area (Å²) >= 11 is 0. The molecule has 4 heteroatoms. The fourth-order valence-corrected chi connectivity index (χ4v) is 6.45. The topological polar surface area (TPSA) is 34.2 Å². The molecule has 0 bridgehead atoms. The minimum absolute atomic E-state index is 0.00800. The molecule has 0 amide bonds. The first-order chi connectivity index (χ1) is 17.9. The van der Waals surface area contributed by atoms with Gasteiger partial charge in [-0.05, 0) is 42.5 Å². The molecule has 168 valence electrons. The van der Waals surface area contributed by atoms with Crippen LogP contribution in [0, 0.1) is 0 Å². The molecule has 1 N–H and O–H groups in total. The van der Waals surface area contributed by atoms with Crippen molar-refractivity contribution < 1.29 is 0 Å². The number of nitrogens with zero attached hydrogens (tertiary/aromatic N) is 3. The Balaban J connectivity index is 1.53. The molecule has 2 aliphatic heterocycles. The van der Waals surface area contributed by atoms with Crippen molar-refractivity contribution in [3.05, 3.63) is 115 Å². The zero-order chi connectivity index (χ0) is 23.4. The Bertz CT molecular complexity index is 2070. The van der Waals surface area contributed by atoms with Gasteiger partial charge in [-0.25, -0.2) is 4.99 Å². The van der Waals surface area contributed by atoms with Crippen LogP contribution in [0.15, 0.2) is 114 Å². The lowest BCUT2D eigenvalue weighted by Crippen LogP contribution is -2.24.